The summed E-state index contributed by atoms with van der Waals surface area (Å²) < 4.78 is 7.40. The van der Waals surface area contributed by atoms with Crippen LogP contribution in [0, 0.1) is 5.92 Å². The van der Waals surface area contributed by atoms with E-state index in [9.17, 15) is 4.79 Å². The van der Waals surface area contributed by atoms with Gasteiger partial charge in [-0.3, -0.25) is 4.79 Å². The number of ether oxygens (including phenoxy) is 1. The second-order valence-corrected chi connectivity index (χ2v) is 16.2. The number of nitrogens with zero attached hydrogens (tertiary/aromatic N) is 7. The largest absolute Gasteiger partial charge is 0.461 e. The van der Waals surface area contributed by atoms with Crippen LogP contribution in [-0.2, 0) is 21.6 Å². The molecule has 59 heavy (non-hydrogen) atoms. The molecule has 1 amide bonds. The molecule has 0 aliphatic carbocycles. The molecule has 2 aromatic carbocycles. The SMILES string of the molecule is CC(C)C[C@H](Nc1nc(OCCN(C)c2ccc(-c3nc4ccccc4s3)cc2)nc(N2CCCCC2)n1)C(=O)NCCCN1CCNCCNCCNCC1.O.O.[Co]. The van der Waals surface area contributed by atoms with Crippen molar-refractivity contribution in [3.63, 3.8) is 0 Å². The molecule has 2 fully saturated rings. The molecule has 2 saturated heterocycles. The molecule has 4 heterocycles. The summed E-state index contributed by atoms with van der Waals surface area (Å²) in [5.74, 6) is 1.21. The van der Waals surface area contributed by atoms with Crippen molar-refractivity contribution in [1.82, 2.24) is 46.1 Å². The topological polar surface area (TPSA) is 211 Å². The molecule has 16 nitrogen and oxygen atoms in total. The number of anilines is 3. The van der Waals surface area contributed by atoms with Gasteiger partial charge < -0.3 is 57.0 Å². The molecule has 1 atom stereocenters. The predicted octanol–water partition coefficient (Wildman–Crippen LogP) is 2.42. The number of para-hydroxylation sites is 1. The van der Waals surface area contributed by atoms with Crippen LogP contribution in [-0.4, -0.2) is 146 Å². The number of carbonyl (C=O) groups excluding carboxylic acids is 1. The number of hydrogen-bond donors (Lipinski definition) is 5. The van der Waals surface area contributed by atoms with E-state index >= 15 is 0 Å². The van der Waals surface area contributed by atoms with Gasteiger partial charge in [0.05, 0.1) is 16.8 Å². The molecule has 9 N–H and O–H groups in total. The van der Waals surface area contributed by atoms with Crippen LogP contribution < -0.4 is 41.1 Å². The third-order valence-corrected chi connectivity index (χ3v) is 11.3. The van der Waals surface area contributed by atoms with Crippen molar-refractivity contribution in [2.75, 3.05) is 114 Å². The first-order valence-corrected chi connectivity index (χ1v) is 21.4. The maximum atomic E-state index is 13.7. The fourth-order valence-electron chi connectivity index (χ4n) is 7.00. The van der Waals surface area contributed by atoms with E-state index in [1.54, 1.807) is 11.3 Å². The number of amides is 1. The number of aromatic nitrogens is 4. The molecule has 4 aromatic rings. The maximum absolute atomic E-state index is 13.7. The van der Waals surface area contributed by atoms with Crippen LogP contribution in [0.2, 0.25) is 0 Å². The van der Waals surface area contributed by atoms with Gasteiger partial charge >= 0.3 is 6.01 Å². The van der Waals surface area contributed by atoms with Crippen LogP contribution in [0.15, 0.2) is 48.5 Å². The summed E-state index contributed by atoms with van der Waals surface area (Å²) in [7, 11) is 2.05. The van der Waals surface area contributed by atoms with Gasteiger partial charge in [-0.25, -0.2) is 4.98 Å². The fraction of sp³-hybridized carbons (Fsp3) is 0.585. The van der Waals surface area contributed by atoms with Gasteiger partial charge in [0.2, 0.25) is 17.8 Å². The average molecular weight is 882 g/mol. The summed E-state index contributed by atoms with van der Waals surface area (Å²) in [6.45, 7) is 16.4. The normalized spacial score (nSPS) is 16.0. The van der Waals surface area contributed by atoms with Gasteiger partial charge in [0, 0.05) is 107 Å². The summed E-state index contributed by atoms with van der Waals surface area (Å²) in [4.78, 5) is 39.5. The third-order valence-electron chi connectivity index (χ3n) is 10.2. The van der Waals surface area contributed by atoms with Crippen molar-refractivity contribution in [3.05, 3.63) is 48.5 Å². The molecule has 18 heteroatoms. The van der Waals surface area contributed by atoms with Gasteiger partial charge in [-0.2, -0.15) is 15.0 Å². The Kier molecular flexibility index (Phi) is 22.3. The van der Waals surface area contributed by atoms with E-state index in [-0.39, 0.29) is 39.6 Å². The smallest absolute Gasteiger partial charge is 0.323 e. The number of benzene rings is 2. The van der Waals surface area contributed by atoms with Gasteiger partial charge in [-0.15, -0.1) is 11.3 Å². The van der Waals surface area contributed by atoms with Gasteiger partial charge in [0.1, 0.15) is 17.7 Å². The van der Waals surface area contributed by atoms with Gasteiger partial charge in [0.25, 0.3) is 0 Å². The molecule has 0 spiro atoms. The summed E-state index contributed by atoms with van der Waals surface area (Å²) in [6.07, 6.45) is 4.91. The Balaban J connectivity index is 0.00000310. The van der Waals surface area contributed by atoms with E-state index in [1.807, 2.05) is 6.07 Å². The summed E-state index contributed by atoms with van der Waals surface area (Å²) in [6, 6.07) is 16.5. The van der Waals surface area contributed by atoms with E-state index in [1.165, 1.54) is 11.1 Å². The van der Waals surface area contributed by atoms with E-state index < -0.39 is 6.04 Å². The molecule has 0 unspecified atom stereocenters. The zero-order valence-electron chi connectivity index (χ0n) is 34.9. The Morgan fingerprint density at radius 2 is 1.54 bits per heavy atom. The third kappa shape index (κ3) is 16.0. The van der Waals surface area contributed by atoms with E-state index in [2.05, 4.69) is 110 Å². The van der Waals surface area contributed by atoms with Crippen molar-refractivity contribution in [2.45, 2.75) is 52.0 Å². The number of carbonyl (C=O) groups is 1. The molecule has 1 radical (unpaired) electrons. The van der Waals surface area contributed by atoms with Gasteiger partial charge in [-0.05, 0) is 81.0 Å². The Hall–Kier alpha value is -3.72. The van der Waals surface area contributed by atoms with Crippen molar-refractivity contribution in [1.29, 1.82) is 0 Å². The summed E-state index contributed by atoms with van der Waals surface area (Å²) in [5, 5.41) is 18.1. The van der Waals surface area contributed by atoms with Crippen molar-refractivity contribution >= 4 is 45.0 Å². The van der Waals surface area contributed by atoms with E-state index in [0.717, 1.165) is 113 Å². The Morgan fingerprint density at radius 1 is 0.864 bits per heavy atom. The zero-order chi connectivity index (χ0) is 39.0. The molecular weight excluding hydrogens is 816 g/mol. The van der Waals surface area contributed by atoms with Crippen molar-refractivity contribution in [2.24, 2.45) is 5.92 Å². The minimum atomic E-state index is -0.486. The second kappa shape index (κ2) is 26.5. The van der Waals surface area contributed by atoms with E-state index in [0.29, 0.717) is 43.9 Å². The average Bonchev–Trinajstić information content (AvgIpc) is 3.65. The zero-order valence-corrected chi connectivity index (χ0v) is 36.8. The molecule has 2 aromatic heterocycles. The molecular formula is C41H66CoN12O4S. The van der Waals surface area contributed by atoms with Crippen LogP contribution in [0.4, 0.5) is 17.6 Å². The number of thiazole rings is 1. The standard InChI is InChI=1S/C41H62N12O2S.Co.2H2O/c1-31(2)30-35(37(54)45-16-9-23-52-26-21-43-19-17-42-18-20-44-22-27-52)47-39-48-40(53-24-7-4-8-25-53)50-41(49-39)55-29-28-51(3)33-14-12-32(13-15-33)38-46-34-10-5-6-11-36(34)56-38;;;/h5-6,10-15,31,35,42-44H,4,7-9,16-30H2,1-3H3,(H,45,54)(H,47,48,49,50);;2*1H2/t35-;;;/m0.../s1. The number of piperidine rings is 1. The first kappa shape index (κ1) is 49.6. The summed E-state index contributed by atoms with van der Waals surface area (Å²) in [5.41, 5.74) is 3.21. The number of nitrogens with one attached hydrogen (secondary N) is 5. The van der Waals surface area contributed by atoms with Crippen molar-refractivity contribution < 1.29 is 37.3 Å². The van der Waals surface area contributed by atoms with Crippen LogP contribution in [0.1, 0.15) is 46.0 Å². The quantitative estimate of drug-likeness (QED) is 0.103. The summed E-state index contributed by atoms with van der Waals surface area (Å²) >= 11 is 1.71. The van der Waals surface area contributed by atoms with Crippen LogP contribution >= 0.6 is 11.3 Å². The Labute approximate surface area is 363 Å². The number of rotatable bonds is 16. The van der Waals surface area contributed by atoms with Crippen LogP contribution in [0.25, 0.3) is 20.8 Å². The fourth-order valence-corrected chi connectivity index (χ4v) is 7.97. The minimum absolute atomic E-state index is 0. The Bertz CT molecular complexity index is 1740. The van der Waals surface area contributed by atoms with Gasteiger partial charge in [0.15, 0.2) is 0 Å². The molecule has 6 rings (SSSR count). The first-order valence-electron chi connectivity index (χ1n) is 20.6. The number of fused-ring (bicyclic) bond motifs is 1. The van der Waals surface area contributed by atoms with Crippen LogP contribution in [0.3, 0.4) is 0 Å². The van der Waals surface area contributed by atoms with E-state index in [4.69, 9.17) is 19.7 Å². The molecule has 2 aliphatic rings. The number of hydrogen-bond acceptors (Lipinski definition) is 14. The Morgan fingerprint density at radius 3 is 2.22 bits per heavy atom. The predicted molar refractivity (Wildman–Crippen MR) is 236 cm³/mol. The molecule has 2 aliphatic heterocycles. The number of likely N-dealkylation sites (N-methyl/N-ethyl adjacent to an activating group) is 1. The van der Waals surface area contributed by atoms with Crippen LogP contribution in [0.5, 0.6) is 6.01 Å². The molecule has 329 valence electrons. The molecule has 0 bridgehead atoms. The second-order valence-electron chi connectivity index (χ2n) is 15.2. The minimum Gasteiger partial charge on any atom is -0.461 e. The monoisotopic (exact) mass is 881 g/mol. The maximum Gasteiger partial charge on any atom is 0.323 e. The molecule has 0 saturated carbocycles. The van der Waals surface area contributed by atoms with Crippen molar-refractivity contribution in [3.8, 4) is 16.6 Å². The first-order chi connectivity index (χ1) is 27.4. The van der Waals surface area contributed by atoms with Gasteiger partial charge in [-0.1, -0.05) is 26.0 Å².